The van der Waals surface area contributed by atoms with Gasteiger partial charge < -0.3 is 15.2 Å². The van der Waals surface area contributed by atoms with Crippen molar-refractivity contribution in [2.24, 2.45) is 0 Å². The summed E-state index contributed by atoms with van der Waals surface area (Å²) in [4.78, 5) is 0. The van der Waals surface area contributed by atoms with Gasteiger partial charge >= 0.3 is 0 Å². The van der Waals surface area contributed by atoms with E-state index in [1.54, 1.807) is 12.1 Å². The molecule has 0 bridgehead atoms. The molecule has 1 saturated heterocycles. The van der Waals surface area contributed by atoms with E-state index in [0.29, 0.717) is 5.75 Å². The Morgan fingerprint density at radius 3 is 3.07 bits per heavy atom. The molecule has 3 heteroatoms. The van der Waals surface area contributed by atoms with E-state index in [1.807, 2.05) is 12.1 Å². The minimum absolute atomic E-state index is 0.0888. The van der Waals surface area contributed by atoms with Crippen molar-refractivity contribution in [3.63, 3.8) is 0 Å². The van der Waals surface area contributed by atoms with Crippen molar-refractivity contribution in [1.82, 2.24) is 5.32 Å². The average Bonchev–Trinajstić information content (AvgIpc) is 2.63. The van der Waals surface area contributed by atoms with Gasteiger partial charge in [-0.05, 0) is 31.0 Å². The number of aromatic hydroxyl groups is 1. The van der Waals surface area contributed by atoms with E-state index in [-0.39, 0.29) is 5.54 Å². The van der Waals surface area contributed by atoms with Gasteiger partial charge in [0.15, 0.2) is 0 Å². The smallest absolute Gasteiger partial charge is 0.115 e. The molecule has 82 valence electrons. The molecular formula is C12H17NO2. The summed E-state index contributed by atoms with van der Waals surface area (Å²) in [5, 5.41) is 12.8. The van der Waals surface area contributed by atoms with Crippen molar-refractivity contribution < 1.29 is 9.84 Å². The van der Waals surface area contributed by atoms with Crippen LogP contribution in [-0.2, 0) is 11.3 Å². The molecule has 1 fully saturated rings. The maximum atomic E-state index is 9.32. The van der Waals surface area contributed by atoms with Crippen LogP contribution in [0.4, 0.5) is 0 Å². The molecule has 1 aliphatic heterocycles. The minimum atomic E-state index is 0.0888. The maximum absolute atomic E-state index is 9.32. The molecule has 0 aliphatic carbocycles. The minimum Gasteiger partial charge on any atom is -0.508 e. The standard InChI is InChI=1S/C12H17NO2/c1-12(5-6-15-9-12)13-8-10-3-2-4-11(14)7-10/h2-4,7,13-14H,5-6,8-9H2,1H3. The summed E-state index contributed by atoms with van der Waals surface area (Å²) in [5.41, 5.74) is 1.19. The second-order valence-corrected chi connectivity index (χ2v) is 4.39. The topological polar surface area (TPSA) is 41.5 Å². The highest BCUT2D eigenvalue weighted by Crippen LogP contribution is 2.19. The lowest BCUT2D eigenvalue weighted by atomic mass is 10.0. The van der Waals surface area contributed by atoms with Crippen molar-refractivity contribution in [2.45, 2.75) is 25.4 Å². The number of phenols is 1. The number of benzene rings is 1. The average molecular weight is 207 g/mol. The zero-order chi connectivity index (χ0) is 10.7. The lowest BCUT2D eigenvalue weighted by molar-refractivity contribution is 0.171. The van der Waals surface area contributed by atoms with Crippen molar-refractivity contribution in [2.75, 3.05) is 13.2 Å². The molecule has 0 saturated carbocycles. The predicted molar refractivity (Wildman–Crippen MR) is 58.8 cm³/mol. The first-order valence-electron chi connectivity index (χ1n) is 5.29. The Bertz CT molecular complexity index is 332. The van der Waals surface area contributed by atoms with Crippen molar-refractivity contribution in [3.8, 4) is 5.75 Å². The van der Waals surface area contributed by atoms with Crippen LogP contribution < -0.4 is 5.32 Å². The second-order valence-electron chi connectivity index (χ2n) is 4.39. The zero-order valence-electron chi connectivity index (χ0n) is 8.99. The van der Waals surface area contributed by atoms with Gasteiger partial charge in [0.1, 0.15) is 5.75 Å². The zero-order valence-corrected chi connectivity index (χ0v) is 8.99. The van der Waals surface area contributed by atoms with Crippen LogP contribution >= 0.6 is 0 Å². The molecule has 2 N–H and O–H groups in total. The lowest BCUT2D eigenvalue weighted by Crippen LogP contribution is -2.42. The van der Waals surface area contributed by atoms with E-state index in [2.05, 4.69) is 12.2 Å². The summed E-state index contributed by atoms with van der Waals surface area (Å²) in [7, 11) is 0. The van der Waals surface area contributed by atoms with Crippen LogP contribution in [-0.4, -0.2) is 23.9 Å². The highest BCUT2D eigenvalue weighted by Gasteiger charge is 2.28. The molecular weight excluding hydrogens is 190 g/mol. The predicted octanol–water partition coefficient (Wildman–Crippen LogP) is 1.66. The monoisotopic (exact) mass is 207 g/mol. The first kappa shape index (κ1) is 10.5. The summed E-state index contributed by atoms with van der Waals surface area (Å²) < 4.78 is 5.36. The molecule has 1 heterocycles. The molecule has 3 nitrogen and oxygen atoms in total. The molecule has 0 amide bonds. The third-order valence-electron chi connectivity index (χ3n) is 2.85. The third-order valence-corrected chi connectivity index (χ3v) is 2.85. The van der Waals surface area contributed by atoms with Crippen LogP contribution in [0.25, 0.3) is 0 Å². The van der Waals surface area contributed by atoms with Gasteiger partial charge in [-0.2, -0.15) is 0 Å². The highest BCUT2D eigenvalue weighted by atomic mass is 16.5. The summed E-state index contributed by atoms with van der Waals surface area (Å²) in [6.07, 6.45) is 1.05. The van der Waals surface area contributed by atoms with E-state index in [1.165, 1.54) is 0 Å². The van der Waals surface area contributed by atoms with Gasteiger partial charge in [0.2, 0.25) is 0 Å². The molecule has 1 aromatic carbocycles. The van der Waals surface area contributed by atoms with Crippen LogP contribution in [0, 0.1) is 0 Å². The lowest BCUT2D eigenvalue weighted by Gasteiger charge is -2.23. The van der Waals surface area contributed by atoms with Gasteiger partial charge in [0.05, 0.1) is 6.61 Å². The fourth-order valence-corrected chi connectivity index (χ4v) is 1.79. The van der Waals surface area contributed by atoms with Gasteiger partial charge in [-0.15, -0.1) is 0 Å². The molecule has 0 spiro atoms. The van der Waals surface area contributed by atoms with Crippen LogP contribution in [0.15, 0.2) is 24.3 Å². The maximum Gasteiger partial charge on any atom is 0.115 e. The third kappa shape index (κ3) is 2.70. The van der Waals surface area contributed by atoms with E-state index >= 15 is 0 Å². The van der Waals surface area contributed by atoms with E-state index in [4.69, 9.17) is 4.74 Å². The molecule has 15 heavy (non-hydrogen) atoms. The Morgan fingerprint density at radius 1 is 1.53 bits per heavy atom. The summed E-state index contributed by atoms with van der Waals surface area (Å²) in [6.45, 7) is 4.55. The van der Waals surface area contributed by atoms with Crippen LogP contribution in [0.1, 0.15) is 18.9 Å². The first-order chi connectivity index (χ1) is 7.18. The van der Waals surface area contributed by atoms with E-state index in [0.717, 1.165) is 31.7 Å². The number of hydrogen-bond donors (Lipinski definition) is 2. The molecule has 0 radical (unpaired) electrons. The Kier molecular flexibility index (Phi) is 2.93. The second kappa shape index (κ2) is 4.21. The quantitative estimate of drug-likeness (QED) is 0.792. The molecule has 2 rings (SSSR count). The number of ether oxygens (including phenoxy) is 1. The molecule has 1 atom stereocenters. The van der Waals surface area contributed by atoms with E-state index < -0.39 is 0 Å². The number of phenolic OH excluding ortho intramolecular Hbond substituents is 1. The number of rotatable bonds is 3. The fourth-order valence-electron chi connectivity index (χ4n) is 1.79. The van der Waals surface area contributed by atoms with E-state index in [9.17, 15) is 5.11 Å². The van der Waals surface area contributed by atoms with Crippen molar-refractivity contribution in [1.29, 1.82) is 0 Å². The summed E-state index contributed by atoms with van der Waals surface area (Å²) in [6, 6.07) is 7.34. The van der Waals surface area contributed by atoms with Crippen LogP contribution in [0.5, 0.6) is 5.75 Å². The van der Waals surface area contributed by atoms with Gasteiger partial charge in [-0.1, -0.05) is 12.1 Å². The Morgan fingerprint density at radius 2 is 2.40 bits per heavy atom. The van der Waals surface area contributed by atoms with Gasteiger partial charge in [0.25, 0.3) is 0 Å². The summed E-state index contributed by atoms with van der Waals surface area (Å²) in [5.74, 6) is 0.321. The van der Waals surface area contributed by atoms with Gasteiger partial charge in [-0.25, -0.2) is 0 Å². The van der Waals surface area contributed by atoms with Crippen molar-refractivity contribution >= 4 is 0 Å². The normalized spacial score (nSPS) is 25.7. The van der Waals surface area contributed by atoms with Gasteiger partial charge in [0, 0.05) is 18.7 Å². The number of nitrogens with one attached hydrogen (secondary N) is 1. The largest absolute Gasteiger partial charge is 0.508 e. The number of hydrogen-bond acceptors (Lipinski definition) is 3. The van der Waals surface area contributed by atoms with Crippen LogP contribution in [0.2, 0.25) is 0 Å². The molecule has 1 aliphatic rings. The Labute approximate surface area is 90.1 Å². The molecule has 1 unspecified atom stereocenters. The Balaban J connectivity index is 1.92. The SMILES string of the molecule is CC1(NCc2cccc(O)c2)CCOC1. The molecule has 1 aromatic rings. The van der Waals surface area contributed by atoms with Crippen molar-refractivity contribution in [3.05, 3.63) is 29.8 Å². The Hall–Kier alpha value is -1.06. The first-order valence-corrected chi connectivity index (χ1v) is 5.29. The summed E-state index contributed by atoms with van der Waals surface area (Å²) >= 11 is 0. The highest BCUT2D eigenvalue weighted by molar-refractivity contribution is 5.27. The fraction of sp³-hybridized carbons (Fsp3) is 0.500. The molecule has 0 aromatic heterocycles. The van der Waals surface area contributed by atoms with Crippen LogP contribution in [0.3, 0.4) is 0 Å². The van der Waals surface area contributed by atoms with Gasteiger partial charge in [-0.3, -0.25) is 0 Å².